The predicted molar refractivity (Wildman–Crippen MR) is 37.4 cm³/mol. The van der Waals surface area contributed by atoms with Crippen LogP contribution in [0.5, 0.6) is 0 Å². The molecule has 0 atom stereocenters. The second kappa shape index (κ2) is 2.86. The fraction of sp³-hybridized carbons (Fsp3) is 0.750. The Morgan fingerprint density at radius 1 is 1.45 bits per heavy atom. The van der Waals surface area contributed by atoms with Crippen LogP contribution in [0, 0.1) is 0 Å². The quantitative estimate of drug-likeness (QED) is 0.571. The van der Waals surface area contributed by atoms with E-state index < -0.39 is 15.4 Å². The van der Waals surface area contributed by atoms with Gasteiger partial charge in [0.15, 0.2) is 0 Å². The SMILES string of the molecule is O=C(OS(=O)(=O)Cl)N1CCC1. The maximum absolute atomic E-state index is 10.7. The van der Waals surface area contributed by atoms with Gasteiger partial charge in [0.2, 0.25) is 0 Å². The van der Waals surface area contributed by atoms with E-state index in [2.05, 4.69) is 14.9 Å². The number of nitrogens with zero attached hydrogens (tertiary/aromatic N) is 1. The summed E-state index contributed by atoms with van der Waals surface area (Å²) in [4.78, 5) is 11.9. The lowest BCUT2D eigenvalue weighted by Gasteiger charge is -2.28. The molecular weight excluding hydrogens is 194 g/mol. The average molecular weight is 200 g/mol. The van der Waals surface area contributed by atoms with E-state index in [4.69, 9.17) is 0 Å². The lowest BCUT2D eigenvalue weighted by molar-refractivity contribution is 0.128. The molecule has 0 aliphatic carbocycles. The summed E-state index contributed by atoms with van der Waals surface area (Å²) in [5, 5.41) is 0. The molecule has 1 saturated heterocycles. The van der Waals surface area contributed by atoms with Crippen LogP contribution in [0.15, 0.2) is 0 Å². The van der Waals surface area contributed by atoms with Crippen molar-refractivity contribution >= 4 is 26.1 Å². The van der Waals surface area contributed by atoms with Crippen LogP contribution < -0.4 is 0 Å². The third kappa shape index (κ3) is 2.55. The molecule has 1 rings (SSSR count). The molecule has 1 amide bonds. The number of amides is 1. The van der Waals surface area contributed by atoms with Gasteiger partial charge in [-0.3, -0.25) is 0 Å². The number of halogens is 1. The number of hydrogen-bond donors (Lipinski definition) is 0. The van der Waals surface area contributed by atoms with Crippen LogP contribution in [-0.2, 0) is 13.5 Å². The fourth-order valence-electron chi connectivity index (χ4n) is 0.637. The Labute approximate surface area is 68.5 Å². The molecule has 0 aromatic carbocycles. The topological polar surface area (TPSA) is 63.7 Å². The first-order valence-corrected chi connectivity index (χ1v) is 5.15. The molecule has 7 heteroatoms. The van der Waals surface area contributed by atoms with E-state index in [0.717, 1.165) is 6.42 Å². The van der Waals surface area contributed by atoms with Crippen molar-refractivity contribution in [1.29, 1.82) is 0 Å². The molecule has 0 spiro atoms. The molecule has 0 radical (unpaired) electrons. The number of carbonyl (C=O) groups is 1. The second-order valence-electron chi connectivity index (χ2n) is 2.08. The van der Waals surface area contributed by atoms with Crippen molar-refractivity contribution in [3.63, 3.8) is 0 Å². The first kappa shape index (κ1) is 8.61. The monoisotopic (exact) mass is 199 g/mol. The first-order valence-electron chi connectivity index (χ1n) is 2.92. The summed E-state index contributed by atoms with van der Waals surface area (Å²) in [5.74, 6) is 0. The summed E-state index contributed by atoms with van der Waals surface area (Å²) in [6.07, 6.45) is -0.0245. The van der Waals surface area contributed by atoms with Crippen molar-refractivity contribution in [2.75, 3.05) is 13.1 Å². The van der Waals surface area contributed by atoms with Gasteiger partial charge in [0, 0.05) is 13.1 Å². The van der Waals surface area contributed by atoms with Crippen LogP contribution in [-0.4, -0.2) is 32.5 Å². The second-order valence-corrected chi connectivity index (χ2v) is 4.17. The summed E-state index contributed by atoms with van der Waals surface area (Å²) in [6, 6.07) is 0. The Bertz CT molecular complexity index is 257. The Morgan fingerprint density at radius 2 is 2.00 bits per heavy atom. The maximum Gasteiger partial charge on any atom is 0.426 e. The standard InChI is InChI=1S/C4H6ClNO4S/c5-11(8,9)10-4(7)6-2-1-3-6/h1-3H2. The van der Waals surface area contributed by atoms with Gasteiger partial charge in [0.1, 0.15) is 0 Å². The lowest BCUT2D eigenvalue weighted by atomic mass is 10.2. The Kier molecular flexibility index (Phi) is 2.24. The molecule has 0 N–H and O–H groups in total. The Hall–Kier alpha value is -0.490. The van der Waals surface area contributed by atoms with Gasteiger partial charge in [-0.25, -0.2) is 4.79 Å². The third-order valence-electron chi connectivity index (χ3n) is 1.29. The van der Waals surface area contributed by atoms with Crippen molar-refractivity contribution < 1.29 is 17.4 Å². The smallest absolute Gasteiger partial charge is 0.316 e. The Morgan fingerprint density at radius 3 is 2.27 bits per heavy atom. The van der Waals surface area contributed by atoms with Crippen molar-refractivity contribution in [2.24, 2.45) is 0 Å². The van der Waals surface area contributed by atoms with Crippen LogP contribution in [0.3, 0.4) is 0 Å². The highest BCUT2D eigenvalue weighted by Gasteiger charge is 2.25. The van der Waals surface area contributed by atoms with Crippen LogP contribution in [0.1, 0.15) is 6.42 Å². The van der Waals surface area contributed by atoms with E-state index in [-0.39, 0.29) is 0 Å². The zero-order valence-electron chi connectivity index (χ0n) is 5.49. The minimum Gasteiger partial charge on any atom is -0.316 e. The van der Waals surface area contributed by atoms with Crippen molar-refractivity contribution in [1.82, 2.24) is 4.90 Å². The van der Waals surface area contributed by atoms with Crippen molar-refractivity contribution in [3.05, 3.63) is 0 Å². The maximum atomic E-state index is 10.7. The van der Waals surface area contributed by atoms with Crippen LogP contribution in [0.2, 0.25) is 0 Å². The van der Waals surface area contributed by atoms with Gasteiger partial charge in [0.05, 0.1) is 10.7 Å². The highest BCUT2D eigenvalue weighted by molar-refractivity contribution is 8.10. The zero-order valence-corrected chi connectivity index (χ0v) is 7.06. The molecule has 1 aliphatic rings. The van der Waals surface area contributed by atoms with Gasteiger partial charge >= 0.3 is 15.4 Å². The van der Waals surface area contributed by atoms with Gasteiger partial charge in [-0.1, -0.05) is 0 Å². The minimum absolute atomic E-state index is 0.533. The number of likely N-dealkylation sites (tertiary alicyclic amines) is 1. The predicted octanol–water partition coefficient (Wildman–Crippen LogP) is 0.312. The highest BCUT2D eigenvalue weighted by atomic mass is 35.7. The molecule has 0 bridgehead atoms. The summed E-state index contributed by atoms with van der Waals surface area (Å²) in [5.41, 5.74) is 0. The van der Waals surface area contributed by atoms with Gasteiger partial charge in [0.25, 0.3) is 0 Å². The molecule has 0 unspecified atom stereocenters. The lowest BCUT2D eigenvalue weighted by Crippen LogP contribution is -2.42. The van der Waals surface area contributed by atoms with Gasteiger partial charge < -0.3 is 9.08 Å². The zero-order chi connectivity index (χ0) is 8.48. The molecule has 1 heterocycles. The highest BCUT2D eigenvalue weighted by Crippen LogP contribution is 2.10. The summed E-state index contributed by atoms with van der Waals surface area (Å²) in [6.45, 7) is 1.07. The molecule has 1 aliphatic heterocycles. The largest absolute Gasteiger partial charge is 0.426 e. The van der Waals surface area contributed by atoms with Crippen molar-refractivity contribution in [2.45, 2.75) is 6.42 Å². The number of hydrogen-bond acceptors (Lipinski definition) is 4. The summed E-state index contributed by atoms with van der Waals surface area (Å²) >= 11 is 0. The average Bonchev–Trinajstić information content (AvgIpc) is 1.50. The summed E-state index contributed by atoms with van der Waals surface area (Å²) in [7, 11) is 0.492. The minimum atomic E-state index is -4.16. The molecular formula is C4H6ClNO4S. The number of rotatable bonds is 1. The Balaban J connectivity index is 2.43. The molecule has 0 saturated carbocycles. The van der Waals surface area contributed by atoms with E-state index in [1.54, 1.807) is 0 Å². The first-order chi connectivity index (χ1) is 4.99. The molecule has 5 nitrogen and oxygen atoms in total. The van der Waals surface area contributed by atoms with Gasteiger partial charge in [-0.2, -0.15) is 8.42 Å². The van der Waals surface area contributed by atoms with Gasteiger partial charge in [-0.05, 0) is 6.42 Å². The fourth-order valence-corrected chi connectivity index (χ4v) is 1.07. The van der Waals surface area contributed by atoms with Gasteiger partial charge in [-0.15, -0.1) is 0 Å². The van der Waals surface area contributed by atoms with E-state index in [9.17, 15) is 13.2 Å². The molecule has 1 fully saturated rings. The van der Waals surface area contributed by atoms with E-state index in [1.807, 2.05) is 0 Å². The van der Waals surface area contributed by atoms with Crippen LogP contribution in [0.25, 0.3) is 0 Å². The normalized spacial score (nSPS) is 17.4. The molecule has 0 aromatic rings. The molecule has 11 heavy (non-hydrogen) atoms. The van der Waals surface area contributed by atoms with E-state index in [1.165, 1.54) is 4.90 Å². The summed E-state index contributed by atoms with van der Waals surface area (Å²) < 4.78 is 24.2. The molecule has 0 aromatic heterocycles. The van der Waals surface area contributed by atoms with E-state index in [0.29, 0.717) is 13.1 Å². The van der Waals surface area contributed by atoms with E-state index >= 15 is 0 Å². The molecule has 64 valence electrons. The van der Waals surface area contributed by atoms with Crippen LogP contribution >= 0.6 is 10.7 Å². The third-order valence-corrected chi connectivity index (χ3v) is 1.82. The van der Waals surface area contributed by atoms with Crippen molar-refractivity contribution in [3.8, 4) is 0 Å². The van der Waals surface area contributed by atoms with Crippen LogP contribution in [0.4, 0.5) is 4.79 Å². The number of carbonyl (C=O) groups excluding carboxylic acids is 1.